The van der Waals surface area contributed by atoms with Crippen molar-refractivity contribution in [2.75, 3.05) is 5.32 Å². The fourth-order valence-corrected chi connectivity index (χ4v) is 1.66. The summed E-state index contributed by atoms with van der Waals surface area (Å²) in [6, 6.07) is 7.30. The quantitative estimate of drug-likeness (QED) is 0.852. The van der Waals surface area contributed by atoms with Crippen LogP contribution in [0.4, 0.5) is 5.82 Å². The van der Waals surface area contributed by atoms with Crippen molar-refractivity contribution in [3.05, 3.63) is 40.5 Å². The van der Waals surface area contributed by atoms with Crippen molar-refractivity contribution in [3.8, 4) is 6.07 Å². The fourth-order valence-electron chi connectivity index (χ4n) is 1.10. The number of thiazole rings is 1. The highest BCUT2D eigenvalue weighted by molar-refractivity contribution is 7.07. The first-order valence-electron chi connectivity index (χ1n) is 4.36. The van der Waals surface area contributed by atoms with E-state index in [1.54, 1.807) is 29.0 Å². The monoisotopic (exact) mass is 216 g/mol. The molecule has 5 heteroatoms. The van der Waals surface area contributed by atoms with E-state index < -0.39 is 0 Å². The number of rotatable bonds is 3. The molecule has 2 aromatic rings. The molecule has 0 saturated heterocycles. The second kappa shape index (κ2) is 4.53. The van der Waals surface area contributed by atoms with Crippen molar-refractivity contribution in [1.29, 1.82) is 5.26 Å². The van der Waals surface area contributed by atoms with Crippen LogP contribution >= 0.6 is 11.3 Å². The molecular weight excluding hydrogens is 208 g/mol. The normalized spacial score (nSPS) is 9.53. The first-order chi connectivity index (χ1) is 7.38. The molecule has 0 amide bonds. The van der Waals surface area contributed by atoms with Crippen LogP contribution < -0.4 is 5.32 Å². The summed E-state index contributed by atoms with van der Waals surface area (Å²) in [6.45, 7) is 0.630. The van der Waals surface area contributed by atoms with Gasteiger partial charge in [0.05, 0.1) is 17.7 Å². The van der Waals surface area contributed by atoms with Gasteiger partial charge >= 0.3 is 0 Å². The molecule has 0 radical (unpaired) electrons. The summed E-state index contributed by atoms with van der Waals surface area (Å²) in [5.74, 6) is 0.696. The van der Waals surface area contributed by atoms with Crippen LogP contribution in [-0.4, -0.2) is 9.97 Å². The molecule has 0 bridgehead atoms. The van der Waals surface area contributed by atoms with Gasteiger partial charge in [0.1, 0.15) is 17.6 Å². The third-order valence-corrected chi connectivity index (χ3v) is 2.43. The lowest BCUT2D eigenvalue weighted by Crippen LogP contribution is -2.01. The topological polar surface area (TPSA) is 61.6 Å². The number of aromatic nitrogens is 2. The molecule has 0 aliphatic heterocycles. The van der Waals surface area contributed by atoms with Gasteiger partial charge in [-0.2, -0.15) is 5.26 Å². The molecule has 0 saturated carbocycles. The maximum atomic E-state index is 8.66. The fraction of sp³-hybridized carbons (Fsp3) is 0.100. The summed E-state index contributed by atoms with van der Waals surface area (Å²) < 4.78 is 0. The summed E-state index contributed by atoms with van der Waals surface area (Å²) in [5.41, 5.74) is 3.18. The Labute approximate surface area is 91.2 Å². The second-order valence-corrected chi connectivity index (χ2v) is 3.57. The lowest BCUT2D eigenvalue weighted by Gasteiger charge is -2.02. The molecule has 0 unspecified atom stereocenters. The largest absolute Gasteiger partial charge is 0.364 e. The van der Waals surface area contributed by atoms with Gasteiger partial charge < -0.3 is 5.32 Å². The second-order valence-electron chi connectivity index (χ2n) is 2.85. The van der Waals surface area contributed by atoms with Gasteiger partial charge in [0.2, 0.25) is 0 Å². The average molecular weight is 216 g/mol. The number of hydrogen-bond donors (Lipinski definition) is 1. The first kappa shape index (κ1) is 9.62. The van der Waals surface area contributed by atoms with Gasteiger partial charge in [0.15, 0.2) is 0 Å². The summed E-state index contributed by atoms with van der Waals surface area (Å²) >= 11 is 1.56. The summed E-state index contributed by atoms with van der Waals surface area (Å²) in [4.78, 5) is 8.23. The number of nitrogens with one attached hydrogen (secondary N) is 1. The third kappa shape index (κ3) is 2.51. The SMILES string of the molecule is N#Cc1cccc(NCc2cscn2)n1. The van der Waals surface area contributed by atoms with Crippen LogP contribution in [0.25, 0.3) is 0 Å². The van der Waals surface area contributed by atoms with Crippen LogP contribution in [0.1, 0.15) is 11.4 Å². The maximum absolute atomic E-state index is 8.66. The molecule has 0 atom stereocenters. The minimum Gasteiger partial charge on any atom is -0.364 e. The van der Waals surface area contributed by atoms with E-state index in [9.17, 15) is 0 Å². The Morgan fingerprint density at radius 2 is 2.40 bits per heavy atom. The lowest BCUT2D eigenvalue weighted by molar-refractivity contribution is 1.05. The van der Waals surface area contributed by atoms with E-state index in [1.807, 2.05) is 17.5 Å². The Kier molecular flexibility index (Phi) is 2.90. The van der Waals surface area contributed by atoms with Gasteiger partial charge in [-0.3, -0.25) is 0 Å². The van der Waals surface area contributed by atoms with Gasteiger partial charge in [0, 0.05) is 5.38 Å². The highest BCUT2D eigenvalue weighted by atomic mass is 32.1. The molecule has 0 spiro atoms. The standard InChI is InChI=1S/C10H8N4S/c11-4-8-2-1-3-10(14-8)12-5-9-6-15-7-13-9/h1-3,6-7H,5H2,(H,12,14). The molecule has 2 heterocycles. The Morgan fingerprint density at radius 1 is 1.47 bits per heavy atom. The Morgan fingerprint density at radius 3 is 3.13 bits per heavy atom. The predicted molar refractivity (Wildman–Crippen MR) is 58.4 cm³/mol. The number of nitriles is 1. The third-order valence-electron chi connectivity index (χ3n) is 1.80. The molecule has 4 nitrogen and oxygen atoms in total. The van der Waals surface area contributed by atoms with E-state index in [0.29, 0.717) is 18.1 Å². The van der Waals surface area contributed by atoms with Gasteiger partial charge in [0.25, 0.3) is 0 Å². The maximum Gasteiger partial charge on any atom is 0.142 e. The summed E-state index contributed by atoms with van der Waals surface area (Å²) in [7, 11) is 0. The van der Waals surface area contributed by atoms with E-state index in [1.165, 1.54) is 0 Å². The molecule has 0 aromatic carbocycles. The van der Waals surface area contributed by atoms with Gasteiger partial charge in [-0.05, 0) is 12.1 Å². The highest BCUT2D eigenvalue weighted by Crippen LogP contribution is 2.07. The molecule has 15 heavy (non-hydrogen) atoms. The van der Waals surface area contributed by atoms with Crippen molar-refractivity contribution >= 4 is 17.2 Å². The van der Waals surface area contributed by atoms with E-state index in [0.717, 1.165) is 5.69 Å². The Balaban J connectivity index is 2.02. The molecule has 2 aromatic heterocycles. The molecule has 1 N–H and O–H groups in total. The van der Waals surface area contributed by atoms with Crippen LogP contribution in [0.3, 0.4) is 0 Å². The van der Waals surface area contributed by atoms with Gasteiger partial charge in [-0.1, -0.05) is 6.07 Å². The molecular formula is C10H8N4S. The van der Waals surface area contributed by atoms with E-state index >= 15 is 0 Å². The van der Waals surface area contributed by atoms with Crippen LogP contribution in [0.5, 0.6) is 0 Å². The van der Waals surface area contributed by atoms with Crippen molar-refractivity contribution in [2.24, 2.45) is 0 Å². The molecule has 0 fully saturated rings. The number of hydrogen-bond acceptors (Lipinski definition) is 5. The van der Waals surface area contributed by atoms with Crippen LogP contribution in [0.15, 0.2) is 29.1 Å². The van der Waals surface area contributed by atoms with E-state index in [4.69, 9.17) is 5.26 Å². The van der Waals surface area contributed by atoms with Crippen molar-refractivity contribution < 1.29 is 0 Å². The number of nitrogens with zero attached hydrogens (tertiary/aromatic N) is 3. The van der Waals surface area contributed by atoms with Crippen molar-refractivity contribution in [3.63, 3.8) is 0 Å². The number of pyridine rings is 1. The number of anilines is 1. The predicted octanol–water partition coefficient (Wildman–Crippen LogP) is 2.02. The van der Waals surface area contributed by atoms with E-state index in [-0.39, 0.29) is 0 Å². The van der Waals surface area contributed by atoms with Crippen LogP contribution in [-0.2, 0) is 6.54 Å². The van der Waals surface area contributed by atoms with Crippen molar-refractivity contribution in [2.45, 2.75) is 6.54 Å². The summed E-state index contributed by atoms with van der Waals surface area (Å²) in [6.07, 6.45) is 0. The van der Waals surface area contributed by atoms with Crippen molar-refractivity contribution in [1.82, 2.24) is 9.97 Å². The zero-order chi connectivity index (χ0) is 10.5. The highest BCUT2D eigenvalue weighted by Gasteiger charge is 1.97. The van der Waals surface area contributed by atoms with Gasteiger partial charge in [-0.25, -0.2) is 9.97 Å². The molecule has 0 aliphatic rings. The van der Waals surface area contributed by atoms with Crippen LogP contribution in [0, 0.1) is 11.3 Å². The zero-order valence-corrected chi connectivity index (χ0v) is 8.66. The summed E-state index contributed by atoms with van der Waals surface area (Å²) in [5, 5.41) is 13.7. The van der Waals surface area contributed by atoms with Gasteiger partial charge in [-0.15, -0.1) is 11.3 Å². The minimum absolute atomic E-state index is 0.415. The first-order valence-corrected chi connectivity index (χ1v) is 5.31. The lowest BCUT2D eigenvalue weighted by atomic mass is 10.3. The smallest absolute Gasteiger partial charge is 0.142 e. The molecule has 74 valence electrons. The average Bonchev–Trinajstić information content (AvgIpc) is 2.79. The molecule has 0 aliphatic carbocycles. The van der Waals surface area contributed by atoms with E-state index in [2.05, 4.69) is 15.3 Å². The van der Waals surface area contributed by atoms with Crippen LogP contribution in [0.2, 0.25) is 0 Å². The zero-order valence-electron chi connectivity index (χ0n) is 7.84. The minimum atomic E-state index is 0.415. The Bertz CT molecular complexity index is 472. The molecule has 2 rings (SSSR count). The Hall–Kier alpha value is -1.93.